The molecule has 0 bridgehead atoms. The second-order valence-electron chi connectivity index (χ2n) is 9.06. The quantitative estimate of drug-likeness (QED) is 0.235. The van der Waals surface area contributed by atoms with Crippen LogP contribution < -0.4 is 10.9 Å². The summed E-state index contributed by atoms with van der Waals surface area (Å²) in [6.45, 7) is 4.56. The van der Waals surface area contributed by atoms with Crippen LogP contribution in [0.25, 0.3) is 0 Å². The summed E-state index contributed by atoms with van der Waals surface area (Å²) >= 11 is 0. The molecule has 0 saturated heterocycles. The van der Waals surface area contributed by atoms with Gasteiger partial charge in [0.05, 0.1) is 0 Å². The van der Waals surface area contributed by atoms with Crippen molar-refractivity contribution in [2.45, 2.75) is 117 Å². The van der Waals surface area contributed by atoms with Crippen LogP contribution in [0.3, 0.4) is 0 Å². The number of hydrogen-bond donors (Lipinski definition) is 1. The first-order valence-corrected chi connectivity index (χ1v) is 13.2. The topological polar surface area (TPSA) is 44.2 Å². The lowest BCUT2D eigenvalue weighted by Gasteiger charge is -2.14. The minimum absolute atomic E-state index is 0. The number of benzene rings is 2. The summed E-state index contributed by atoms with van der Waals surface area (Å²) < 4.78 is 6.46. The largest absolute Gasteiger partial charge is 0.457 e. The highest BCUT2D eigenvalue weighted by Gasteiger charge is 2.08. The lowest BCUT2D eigenvalue weighted by atomic mass is 10.0. The van der Waals surface area contributed by atoms with Crippen molar-refractivity contribution in [3.8, 4) is 11.5 Å². The van der Waals surface area contributed by atoms with E-state index in [1.165, 1.54) is 101 Å². The molecule has 0 atom stereocenters. The van der Waals surface area contributed by atoms with Gasteiger partial charge in [-0.15, -0.1) is 0 Å². The molecule has 2 aromatic rings. The van der Waals surface area contributed by atoms with Crippen LogP contribution in [-0.4, -0.2) is 0 Å². The molecule has 0 aliphatic rings. The Bertz CT molecular complexity index is 637. The van der Waals surface area contributed by atoms with Crippen LogP contribution in [0.5, 0.6) is 11.5 Å². The normalized spacial score (nSPS) is 10.7. The summed E-state index contributed by atoms with van der Waals surface area (Å²) in [5.41, 5.74) is 2.70. The molecular formula is C30H49NO. The SMILES string of the molecule is CCCCCCCCCc1ccccc1Oc1ccccc1CCCCCCCCC.N. The van der Waals surface area contributed by atoms with E-state index in [1.54, 1.807) is 0 Å². The Labute approximate surface area is 198 Å². The zero-order chi connectivity index (χ0) is 22.0. The van der Waals surface area contributed by atoms with Crippen LogP contribution >= 0.6 is 0 Å². The molecule has 180 valence electrons. The van der Waals surface area contributed by atoms with Gasteiger partial charge in [-0.25, -0.2) is 0 Å². The molecule has 2 aromatic carbocycles. The van der Waals surface area contributed by atoms with Crippen molar-refractivity contribution in [2.75, 3.05) is 0 Å². The Morgan fingerprint density at radius 3 is 1.22 bits per heavy atom. The number of ether oxygens (including phenoxy) is 1. The summed E-state index contributed by atoms with van der Waals surface area (Å²) in [6.07, 6.45) is 21.1. The highest BCUT2D eigenvalue weighted by molar-refractivity contribution is 5.41. The van der Waals surface area contributed by atoms with Crippen LogP contribution in [0.4, 0.5) is 0 Å². The third-order valence-corrected chi connectivity index (χ3v) is 6.26. The molecule has 0 radical (unpaired) electrons. The number of aryl methyl sites for hydroxylation is 2. The molecule has 0 spiro atoms. The lowest BCUT2D eigenvalue weighted by molar-refractivity contribution is 0.466. The van der Waals surface area contributed by atoms with Crippen LogP contribution in [0.1, 0.15) is 115 Å². The maximum Gasteiger partial charge on any atom is 0.130 e. The average Bonchev–Trinajstić information content (AvgIpc) is 2.80. The number of para-hydroxylation sites is 2. The molecule has 0 aromatic heterocycles. The Morgan fingerprint density at radius 2 is 0.812 bits per heavy atom. The van der Waals surface area contributed by atoms with E-state index in [0.717, 1.165) is 24.3 Å². The van der Waals surface area contributed by atoms with Crippen molar-refractivity contribution in [3.05, 3.63) is 59.7 Å². The highest BCUT2D eigenvalue weighted by Crippen LogP contribution is 2.30. The standard InChI is InChI=1S/C30H46O.H3N/c1-3-5-7-9-11-13-15-21-27-23-17-19-25-29(27)31-30-26-20-18-24-28(30)22-16-14-12-10-8-6-4-2;/h17-20,23-26H,3-16,21-22H2,1-2H3;1H3. The summed E-state index contributed by atoms with van der Waals surface area (Å²) in [7, 11) is 0. The molecule has 0 amide bonds. The van der Waals surface area contributed by atoms with Gasteiger partial charge in [-0.05, 0) is 48.9 Å². The molecule has 0 fully saturated rings. The predicted molar refractivity (Wildman–Crippen MR) is 141 cm³/mol. The van der Waals surface area contributed by atoms with Crippen LogP contribution in [0.2, 0.25) is 0 Å². The molecule has 2 nitrogen and oxygen atoms in total. The van der Waals surface area contributed by atoms with Gasteiger partial charge in [0.15, 0.2) is 0 Å². The van der Waals surface area contributed by atoms with Gasteiger partial charge in [-0.2, -0.15) is 0 Å². The summed E-state index contributed by atoms with van der Waals surface area (Å²) in [5.74, 6) is 2.08. The maximum atomic E-state index is 6.46. The van der Waals surface area contributed by atoms with Crippen LogP contribution in [-0.2, 0) is 12.8 Å². The fraction of sp³-hybridized carbons (Fsp3) is 0.600. The highest BCUT2D eigenvalue weighted by atomic mass is 16.5. The molecule has 0 aliphatic carbocycles. The van der Waals surface area contributed by atoms with Crippen molar-refractivity contribution < 1.29 is 4.74 Å². The zero-order valence-electron chi connectivity index (χ0n) is 21.0. The van der Waals surface area contributed by atoms with Gasteiger partial charge in [-0.1, -0.05) is 127 Å². The van der Waals surface area contributed by atoms with Gasteiger partial charge in [0, 0.05) is 0 Å². The van der Waals surface area contributed by atoms with Gasteiger partial charge in [0.2, 0.25) is 0 Å². The summed E-state index contributed by atoms with van der Waals surface area (Å²) in [4.78, 5) is 0. The van der Waals surface area contributed by atoms with E-state index in [2.05, 4.69) is 62.4 Å². The number of unbranched alkanes of at least 4 members (excludes halogenated alkanes) is 12. The fourth-order valence-corrected chi connectivity index (χ4v) is 4.28. The maximum absolute atomic E-state index is 6.46. The first kappa shape index (κ1) is 28.2. The van der Waals surface area contributed by atoms with Gasteiger partial charge >= 0.3 is 0 Å². The van der Waals surface area contributed by atoms with Crippen molar-refractivity contribution >= 4 is 0 Å². The van der Waals surface area contributed by atoms with E-state index in [0.29, 0.717) is 0 Å². The molecule has 0 unspecified atom stereocenters. The van der Waals surface area contributed by atoms with E-state index < -0.39 is 0 Å². The van der Waals surface area contributed by atoms with E-state index in [9.17, 15) is 0 Å². The molecule has 0 heterocycles. The monoisotopic (exact) mass is 439 g/mol. The van der Waals surface area contributed by atoms with E-state index in [1.807, 2.05) is 0 Å². The van der Waals surface area contributed by atoms with E-state index in [-0.39, 0.29) is 6.15 Å². The van der Waals surface area contributed by atoms with Gasteiger partial charge in [0.1, 0.15) is 11.5 Å². The van der Waals surface area contributed by atoms with Crippen molar-refractivity contribution in [1.82, 2.24) is 6.15 Å². The lowest BCUT2D eigenvalue weighted by Crippen LogP contribution is -1.96. The minimum atomic E-state index is 0. The van der Waals surface area contributed by atoms with Gasteiger partial charge in [0.25, 0.3) is 0 Å². The first-order chi connectivity index (χ1) is 15.3. The van der Waals surface area contributed by atoms with Crippen LogP contribution in [0.15, 0.2) is 48.5 Å². The Morgan fingerprint density at radius 1 is 0.469 bits per heavy atom. The van der Waals surface area contributed by atoms with Crippen molar-refractivity contribution in [2.24, 2.45) is 0 Å². The average molecular weight is 440 g/mol. The smallest absolute Gasteiger partial charge is 0.130 e. The predicted octanol–water partition coefficient (Wildman–Crippen LogP) is 10.2. The zero-order valence-corrected chi connectivity index (χ0v) is 21.0. The minimum Gasteiger partial charge on any atom is -0.457 e. The molecule has 0 aliphatic heterocycles. The van der Waals surface area contributed by atoms with E-state index in [4.69, 9.17) is 4.74 Å². The number of rotatable bonds is 18. The third-order valence-electron chi connectivity index (χ3n) is 6.26. The first-order valence-electron chi connectivity index (χ1n) is 13.2. The van der Waals surface area contributed by atoms with Crippen LogP contribution in [0, 0.1) is 0 Å². The van der Waals surface area contributed by atoms with Gasteiger partial charge in [-0.3, -0.25) is 0 Å². The summed E-state index contributed by atoms with van der Waals surface area (Å²) in [6, 6.07) is 17.3. The molecular weight excluding hydrogens is 390 g/mol. The van der Waals surface area contributed by atoms with Crippen molar-refractivity contribution in [3.63, 3.8) is 0 Å². The molecule has 3 N–H and O–H groups in total. The Kier molecular flexibility index (Phi) is 16.5. The number of hydrogen-bond acceptors (Lipinski definition) is 2. The third kappa shape index (κ3) is 11.7. The molecule has 2 rings (SSSR count). The fourth-order valence-electron chi connectivity index (χ4n) is 4.28. The van der Waals surface area contributed by atoms with E-state index >= 15 is 0 Å². The second-order valence-corrected chi connectivity index (χ2v) is 9.06. The Hall–Kier alpha value is -1.80. The summed E-state index contributed by atoms with van der Waals surface area (Å²) in [5, 5.41) is 0. The molecule has 32 heavy (non-hydrogen) atoms. The van der Waals surface area contributed by atoms with Crippen molar-refractivity contribution in [1.29, 1.82) is 0 Å². The Balaban J connectivity index is 0.00000512. The molecule has 2 heteroatoms. The molecule has 0 saturated carbocycles. The second kappa shape index (κ2) is 18.7. The van der Waals surface area contributed by atoms with Gasteiger partial charge < -0.3 is 10.9 Å².